The van der Waals surface area contributed by atoms with Crippen LogP contribution in [0.2, 0.25) is 0 Å². The first-order valence-corrected chi connectivity index (χ1v) is 8.20. The fourth-order valence-electron chi connectivity index (χ4n) is 3.42. The molecule has 0 saturated carbocycles. The van der Waals surface area contributed by atoms with Crippen molar-refractivity contribution in [1.82, 2.24) is 9.88 Å². The van der Waals surface area contributed by atoms with Gasteiger partial charge in [-0.2, -0.15) is 0 Å². The van der Waals surface area contributed by atoms with Gasteiger partial charge in [0.1, 0.15) is 5.82 Å². The first-order valence-electron chi connectivity index (χ1n) is 8.20. The van der Waals surface area contributed by atoms with Crippen LogP contribution in [0.4, 0.5) is 5.82 Å². The molecule has 1 aromatic heterocycles. The molecule has 1 aromatic carbocycles. The van der Waals surface area contributed by atoms with Gasteiger partial charge in [-0.25, -0.2) is 4.98 Å². The van der Waals surface area contributed by atoms with Gasteiger partial charge in [0.2, 0.25) is 0 Å². The molecule has 1 atom stereocenters. The van der Waals surface area contributed by atoms with Crippen LogP contribution in [-0.2, 0) is 6.54 Å². The van der Waals surface area contributed by atoms with Crippen LogP contribution in [-0.4, -0.2) is 23.5 Å². The molecule has 1 fully saturated rings. The topological polar surface area (TPSA) is 28.2 Å². The Balaban J connectivity index is 1.81. The van der Waals surface area contributed by atoms with E-state index in [4.69, 9.17) is 0 Å². The zero-order valence-electron chi connectivity index (χ0n) is 13.5. The predicted octanol–water partition coefficient (Wildman–Crippen LogP) is 4.16. The third-order valence-electron chi connectivity index (χ3n) is 4.56. The summed E-state index contributed by atoms with van der Waals surface area (Å²) < 4.78 is 0. The van der Waals surface area contributed by atoms with Crippen molar-refractivity contribution in [3.8, 4) is 0 Å². The molecule has 1 aliphatic rings. The molecule has 22 heavy (non-hydrogen) atoms. The molecule has 0 spiro atoms. The van der Waals surface area contributed by atoms with E-state index in [9.17, 15) is 0 Å². The molecule has 1 N–H and O–H groups in total. The fourth-order valence-corrected chi connectivity index (χ4v) is 3.42. The Morgan fingerprint density at radius 3 is 2.77 bits per heavy atom. The van der Waals surface area contributed by atoms with Crippen LogP contribution in [0.3, 0.4) is 0 Å². The number of pyridine rings is 1. The van der Waals surface area contributed by atoms with Crippen LogP contribution >= 0.6 is 0 Å². The highest BCUT2D eigenvalue weighted by Gasteiger charge is 2.24. The fraction of sp³-hybridized carbons (Fsp3) is 0.421. The third-order valence-corrected chi connectivity index (χ3v) is 4.56. The lowest BCUT2D eigenvalue weighted by atomic mass is 9.95. The molecule has 1 saturated heterocycles. The minimum atomic E-state index is 0.492. The number of nitrogens with one attached hydrogen (secondary N) is 1. The molecule has 1 aliphatic heterocycles. The van der Waals surface area contributed by atoms with Crippen LogP contribution in [0.15, 0.2) is 42.6 Å². The summed E-state index contributed by atoms with van der Waals surface area (Å²) in [6, 6.07) is 13.6. The van der Waals surface area contributed by atoms with E-state index in [-0.39, 0.29) is 0 Å². The highest BCUT2D eigenvalue weighted by molar-refractivity contribution is 5.44. The van der Waals surface area contributed by atoms with E-state index in [1.165, 1.54) is 42.5 Å². The van der Waals surface area contributed by atoms with Crippen molar-refractivity contribution in [2.24, 2.45) is 0 Å². The van der Waals surface area contributed by atoms with Crippen LogP contribution in [0.25, 0.3) is 0 Å². The van der Waals surface area contributed by atoms with Gasteiger partial charge in [-0.15, -0.1) is 0 Å². The van der Waals surface area contributed by atoms with Gasteiger partial charge in [0.25, 0.3) is 0 Å². The summed E-state index contributed by atoms with van der Waals surface area (Å²) in [5.74, 6) is 0.981. The maximum absolute atomic E-state index is 4.58. The Kier molecular flexibility index (Phi) is 4.74. The summed E-state index contributed by atoms with van der Waals surface area (Å²) in [4.78, 5) is 7.18. The number of nitrogens with zero attached hydrogens (tertiary/aromatic N) is 2. The van der Waals surface area contributed by atoms with Gasteiger partial charge in [-0.3, -0.25) is 4.90 Å². The average Bonchev–Trinajstić information content (AvgIpc) is 2.56. The lowest BCUT2D eigenvalue weighted by molar-refractivity contribution is 0.140. The highest BCUT2D eigenvalue weighted by Crippen LogP contribution is 2.32. The van der Waals surface area contributed by atoms with Crippen molar-refractivity contribution in [1.29, 1.82) is 0 Å². The number of benzene rings is 1. The van der Waals surface area contributed by atoms with Gasteiger partial charge in [-0.1, -0.05) is 36.8 Å². The van der Waals surface area contributed by atoms with Crippen molar-refractivity contribution in [3.63, 3.8) is 0 Å². The number of aryl methyl sites for hydroxylation is 1. The van der Waals surface area contributed by atoms with E-state index >= 15 is 0 Å². The molecule has 3 nitrogen and oxygen atoms in total. The maximum atomic E-state index is 4.58. The Hall–Kier alpha value is -1.87. The lowest BCUT2D eigenvalue weighted by Gasteiger charge is -2.36. The van der Waals surface area contributed by atoms with Crippen LogP contribution < -0.4 is 5.32 Å². The van der Waals surface area contributed by atoms with Crippen LogP contribution in [0.1, 0.15) is 42.0 Å². The normalized spacial score (nSPS) is 19.1. The van der Waals surface area contributed by atoms with Crippen LogP contribution in [0, 0.1) is 6.92 Å². The third kappa shape index (κ3) is 3.30. The number of anilines is 1. The molecule has 3 rings (SSSR count). The zero-order valence-corrected chi connectivity index (χ0v) is 13.5. The predicted molar refractivity (Wildman–Crippen MR) is 92.0 cm³/mol. The zero-order chi connectivity index (χ0) is 15.4. The summed E-state index contributed by atoms with van der Waals surface area (Å²) in [6.45, 7) is 4.33. The molecular formula is C19H25N3. The number of likely N-dealkylation sites (tertiary alicyclic amines) is 1. The van der Waals surface area contributed by atoms with E-state index in [2.05, 4.69) is 58.5 Å². The first kappa shape index (κ1) is 15.0. The lowest BCUT2D eigenvalue weighted by Crippen LogP contribution is -2.33. The molecule has 2 heterocycles. The Labute approximate surface area is 133 Å². The summed E-state index contributed by atoms with van der Waals surface area (Å²) in [6.07, 6.45) is 5.88. The van der Waals surface area contributed by atoms with E-state index in [0.717, 1.165) is 12.4 Å². The van der Waals surface area contributed by atoms with Crippen LogP contribution in [0.5, 0.6) is 0 Å². The molecule has 0 unspecified atom stereocenters. The minimum absolute atomic E-state index is 0.492. The smallest absolute Gasteiger partial charge is 0.128 e. The van der Waals surface area contributed by atoms with Gasteiger partial charge in [-0.05, 0) is 49.1 Å². The summed E-state index contributed by atoms with van der Waals surface area (Å²) in [7, 11) is 1.93. The van der Waals surface area contributed by atoms with E-state index in [0.29, 0.717) is 6.04 Å². The van der Waals surface area contributed by atoms with Gasteiger partial charge in [0.15, 0.2) is 0 Å². The van der Waals surface area contributed by atoms with Crippen molar-refractivity contribution in [2.75, 3.05) is 18.9 Å². The van der Waals surface area contributed by atoms with Crippen molar-refractivity contribution >= 4 is 5.82 Å². The quantitative estimate of drug-likeness (QED) is 0.918. The number of piperidine rings is 1. The van der Waals surface area contributed by atoms with Gasteiger partial charge in [0, 0.05) is 25.8 Å². The maximum Gasteiger partial charge on any atom is 0.128 e. The molecular weight excluding hydrogens is 270 g/mol. The van der Waals surface area contributed by atoms with E-state index in [1.54, 1.807) is 0 Å². The average molecular weight is 295 g/mol. The van der Waals surface area contributed by atoms with Crippen molar-refractivity contribution in [3.05, 3.63) is 59.3 Å². The van der Waals surface area contributed by atoms with Crippen molar-refractivity contribution in [2.45, 2.75) is 38.8 Å². The standard InChI is InChI=1S/C19H25N3/c1-15-12-17(13-21-19(15)20-2)18-10-6-7-11-22(18)14-16-8-4-3-5-9-16/h3-5,8-9,12-13,18H,6-7,10-11,14H2,1-2H3,(H,20,21)/t18-/m0/s1. The second-order valence-corrected chi connectivity index (χ2v) is 6.15. The van der Waals surface area contributed by atoms with Crippen molar-refractivity contribution < 1.29 is 0 Å². The summed E-state index contributed by atoms with van der Waals surface area (Å²) >= 11 is 0. The second kappa shape index (κ2) is 6.93. The van der Waals surface area contributed by atoms with E-state index in [1.807, 2.05) is 13.2 Å². The molecule has 0 bridgehead atoms. The minimum Gasteiger partial charge on any atom is -0.373 e. The summed E-state index contributed by atoms with van der Waals surface area (Å²) in [5.41, 5.74) is 3.98. The molecule has 3 heteroatoms. The molecule has 0 amide bonds. The molecule has 2 aromatic rings. The number of hydrogen-bond acceptors (Lipinski definition) is 3. The number of rotatable bonds is 4. The SMILES string of the molecule is CNc1ncc([C@@H]2CCCCN2Cc2ccccc2)cc1C. The first-order chi connectivity index (χ1) is 10.8. The molecule has 0 radical (unpaired) electrons. The Morgan fingerprint density at radius 2 is 2.05 bits per heavy atom. The van der Waals surface area contributed by atoms with E-state index < -0.39 is 0 Å². The van der Waals surface area contributed by atoms with Gasteiger partial charge in [0.05, 0.1) is 0 Å². The number of aromatic nitrogens is 1. The second-order valence-electron chi connectivity index (χ2n) is 6.15. The monoisotopic (exact) mass is 295 g/mol. The largest absolute Gasteiger partial charge is 0.373 e. The molecule has 116 valence electrons. The highest BCUT2D eigenvalue weighted by atomic mass is 15.2. The Bertz CT molecular complexity index is 609. The number of hydrogen-bond donors (Lipinski definition) is 1. The summed E-state index contributed by atoms with van der Waals surface area (Å²) in [5, 5.41) is 3.15. The Morgan fingerprint density at radius 1 is 1.23 bits per heavy atom. The van der Waals surface area contributed by atoms with Gasteiger partial charge < -0.3 is 5.32 Å². The molecule has 0 aliphatic carbocycles. The van der Waals surface area contributed by atoms with Gasteiger partial charge >= 0.3 is 0 Å².